The fourth-order valence-corrected chi connectivity index (χ4v) is 2.68. The highest BCUT2D eigenvalue weighted by atomic mass is 19.4. The molecule has 21 heavy (non-hydrogen) atoms. The number of nitrogens with two attached hydrogens (primary N) is 1. The van der Waals surface area contributed by atoms with E-state index in [1.807, 2.05) is 12.1 Å². The minimum absolute atomic E-state index is 0.0941. The molecule has 0 amide bonds. The van der Waals surface area contributed by atoms with Crippen LogP contribution in [0.25, 0.3) is 11.1 Å². The molecule has 110 valence electrons. The lowest BCUT2D eigenvalue weighted by Crippen LogP contribution is -2.16. The van der Waals surface area contributed by atoms with Crippen molar-refractivity contribution in [1.82, 2.24) is 0 Å². The van der Waals surface area contributed by atoms with Gasteiger partial charge in [0.2, 0.25) is 0 Å². The molecule has 2 nitrogen and oxygen atoms in total. The average molecular weight is 293 g/mol. The first-order valence-electron chi connectivity index (χ1n) is 6.67. The highest BCUT2D eigenvalue weighted by Gasteiger charge is 2.31. The van der Waals surface area contributed by atoms with Crippen LogP contribution in [0.4, 0.5) is 13.2 Å². The fourth-order valence-electron chi connectivity index (χ4n) is 2.68. The topological polar surface area (TPSA) is 35.2 Å². The molecule has 2 aromatic rings. The molecule has 3 rings (SSSR count). The highest BCUT2D eigenvalue weighted by molar-refractivity contribution is 5.66. The van der Waals surface area contributed by atoms with Gasteiger partial charge in [-0.2, -0.15) is 0 Å². The number of halogens is 3. The molecular formula is C16H14F3NO. The number of hydrogen-bond donors (Lipinski definition) is 1. The summed E-state index contributed by atoms with van der Waals surface area (Å²) in [5.41, 5.74) is 10.2. The summed E-state index contributed by atoms with van der Waals surface area (Å²) in [6.45, 7) is 0. The lowest BCUT2D eigenvalue weighted by Gasteiger charge is -2.10. The van der Waals surface area contributed by atoms with E-state index < -0.39 is 6.36 Å². The highest BCUT2D eigenvalue weighted by Crippen LogP contribution is 2.33. The fraction of sp³-hybridized carbons (Fsp3) is 0.250. The van der Waals surface area contributed by atoms with Gasteiger partial charge in [-0.3, -0.25) is 0 Å². The van der Waals surface area contributed by atoms with Crippen molar-refractivity contribution in [2.75, 3.05) is 0 Å². The normalized spacial score (nSPS) is 17.6. The monoisotopic (exact) mass is 293 g/mol. The molecule has 5 heteroatoms. The Morgan fingerprint density at radius 2 is 1.67 bits per heavy atom. The zero-order valence-corrected chi connectivity index (χ0v) is 11.2. The maximum atomic E-state index is 12.1. The first kappa shape index (κ1) is 13.9. The summed E-state index contributed by atoms with van der Waals surface area (Å²) in [7, 11) is 0. The van der Waals surface area contributed by atoms with E-state index in [9.17, 15) is 13.2 Å². The minimum atomic E-state index is -4.66. The van der Waals surface area contributed by atoms with E-state index in [0.29, 0.717) is 0 Å². The Morgan fingerprint density at radius 1 is 1.00 bits per heavy atom. The lowest BCUT2D eigenvalue weighted by atomic mass is 10.00. The van der Waals surface area contributed by atoms with Gasteiger partial charge in [0.15, 0.2) is 0 Å². The van der Waals surface area contributed by atoms with E-state index >= 15 is 0 Å². The average Bonchev–Trinajstić information content (AvgIpc) is 2.79. The third kappa shape index (κ3) is 3.03. The van der Waals surface area contributed by atoms with Crippen molar-refractivity contribution in [1.29, 1.82) is 0 Å². The SMILES string of the molecule is NC1CCc2cc(-c3ccc(OC(F)(F)F)cc3)ccc21. The van der Waals surface area contributed by atoms with E-state index in [1.165, 1.54) is 17.7 Å². The predicted molar refractivity (Wildman–Crippen MR) is 73.8 cm³/mol. The lowest BCUT2D eigenvalue weighted by molar-refractivity contribution is -0.274. The summed E-state index contributed by atoms with van der Waals surface area (Å²) in [6, 6.07) is 12.0. The quantitative estimate of drug-likeness (QED) is 0.900. The summed E-state index contributed by atoms with van der Waals surface area (Å²) in [4.78, 5) is 0. The predicted octanol–water partition coefficient (Wildman–Crippen LogP) is 4.20. The van der Waals surface area contributed by atoms with Gasteiger partial charge in [0, 0.05) is 6.04 Å². The van der Waals surface area contributed by atoms with Gasteiger partial charge in [-0.05, 0) is 47.2 Å². The summed E-state index contributed by atoms with van der Waals surface area (Å²) in [5, 5.41) is 0. The third-order valence-electron chi connectivity index (χ3n) is 3.69. The molecule has 2 N–H and O–H groups in total. The summed E-state index contributed by atoms with van der Waals surface area (Å²) in [6.07, 6.45) is -2.78. The molecule has 1 atom stereocenters. The molecule has 1 aliphatic rings. The van der Waals surface area contributed by atoms with Crippen LogP contribution in [0.2, 0.25) is 0 Å². The number of alkyl halides is 3. The molecule has 0 aromatic heterocycles. The number of hydrogen-bond acceptors (Lipinski definition) is 2. The van der Waals surface area contributed by atoms with E-state index in [0.717, 1.165) is 29.5 Å². The Balaban J connectivity index is 1.85. The number of rotatable bonds is 2. The number of aryl methyl sites for hydroxylation is 1. The van der Waals surface area contributed by atoms with Crippen molar-refractivity contribution in [3.8, 4) is 16.9 Å². The van der Waals surface area contributed by atoms with Gasteiger partial charge in [-0.1, -0.05) is 30.3 Å². The van der Waals surface area contributed by atoms with E-state index in [4.69, 9.17) is 5.73 Å². The number of benzene rings is 2. The molecule has 0 radical (unpaired) electrons. The van der Waals surface area contributed by atoms with E-state index in [1.54, 1.807) is 12.1 Å². The molecule has 0 fully saturated rings. The van der Waals surface area contributed by atoms with Gasteiger partial charge in [-0.15, -0.1) is 13.2 Å². The van der Waals surface area contributed by atoms with Crippen LogP contribution in [0.5, 0.6) is 5.75 Å². The van der Waals surface area contributed by atoms with Crippen LogP contribution in [0.3, 0.4) is 0 Å². The van der Waals surface area contributed by atoms with Gasteiger partial charge < -0.3 is 10.5 Å². The Bertz CT molecular complexity index is 650. The number of ether oxygens (including phenoxy) is 1. The van der Waals surface area contributed by atoms with Crippen LogP contribution in [0.1, 0.15) is 23.6 Å². The Kier molecular flexibility index (Phi) is 3.37. The minimum Gasteiger partial charge on any atom is -0.406 e. The molecule has 0 aliphatic heterocycles. The van der Waals surface area contributed by atoms with Crippen molar-refractivity contribution in [3.05, 3.63) is 53.6 Å². The second kappa shape index (κ2) is 5.07. The molecule has 1 aliphatic carbocycles. The second-order valence-corrected chi connectivity index (χ2v) is 5.13. The van der Waals surface area contributed by atoms with Crippen LogP contribution in [0, 0.1) is 0 Å². The van der Waals surface area contributed by atoms with Crippen LogP contribution in [-0.2, 0) is 6.42 Å². The Morgan fingerprint density at radius 3 is 2.33 bits per heavy atom. The molecule has 0 saturated carbocycles. The summed E-state index contributed by atoms with van der Waals surface area (Å²) < 4.78 is 40.2. The van der Waals surface area contributed by atoms with Crippen LogP contribution >= 0.6 is 0 Å². The van der Waals surface area contributed by atoms with E-state index in [-0.39, 0.29) is 11.8 Å². The van der Waals surface area contributed by atoms with Gasteiger partial charge >= 0.3 is 6.36 Å². The first-order chi connectivity index (χ1) is 9.92. The zero-order chi connectivity index (χ0) is 15.0. The largest absolute Gasteiger partial charge is 0.573 e. The van der Waals surface area contributed by atoms with Crippen molar-refractivity contribution in [3.63, 3.8) is 0 Å². The van der Waals surface area contributed by atoms with E-state index in [2.05, 4.69) is 10.8 Å². The molecule has 1 unspecified atom stereocenters. The smallest absolute Gasteiger partial charge is 0.406 e. The van der Waals surface area contributed by atoms with Crippen LogP contribution in [0.15, 0.2) is 42.5 Å². The molecule has 0 saturated heterocycles. The third-order valence-corrected chi connectivity index (χ3v) is 3.69. The Labute approximate surface area is 120 Å². The van der Waals surface area contributed by atoms with Crippen LogP contribution < -0.4 is 10.5 Å². The molecule has 0 bridgehead atoms. The van der Waals surface area contributed by atoms with Gasteiger partial charge in [0.25, 0.3) is 0 Å². The standard InChI is InChI=1S/C16H14F3NO/c17-16(18,19)21-13-5-1-10(2-6-13)11-3-7-14-12(9-11)4-8-15(14)20/h1-3,5-7,9,15H,4,8,20H2. The molecule has 0 heterocycles. The van der Waals surface area contributed by atoms with Crippen molar-refractivity contribution < 1.29 is 17.9 Å². The molecular weight excluding hydrogens is 279 g/mol. The summed E-state index contributed by atoms with van der Waals surface area (Å²) >= 11 is 0. The maximum Gasteiger partial charge on any atom is 0.573 e. The van der Waals surface area contributed by atoms with Crippen molar-refractivity contribution in [2.24, 2.45) is 5.73 Å². The molecule has 0 spiro atoms. The molecule has 2 aromatic carbocycles. The van der Waals surface area contributed by atoms with Crippen LogP contribution in [-0.4, -0.2) is 6.36 Å². The second-order valence-electron chi connectivity index (χ2n) is 5.13. The van der Waals surface area contributed by atoms with Gasteiger partial charge in [0.1, 0.15) is 5.75 Å². The zero-order valence-electron chi connectivity index (χ0n) is 11.2. The maximum absolute atomic E-state index is 12.1. The van der Waals surface area contributed by atoms with Gasteiger partial charge in [0.05, 0.1) is 0 Å². The Hall–Kier alpha value is -2.01. The number of fused-ring (bicyclic) bond motifs is 1. The summed E-state index contributed by atoms with van der Waals surface area (Å²) in [5.74, 6) is -0.213. The van der Waals surface area contributed by atoms with Crippen molar-refractivity contribution >= 4 is 0 Å². The first-order valence-corrected chi connectivity index (χ1v) is 6.67. The van der Waals surface area contributed by atoms with Crippen molar-refractivity contribution in [2.45, 2.75) is 25.2 Å². The van der Waals surface area contributed by atoms with Gasteiger partial charge in [-0.25, -0.2) is 0 Å².